The van der Waals surface area contributed by atoms with E-state index in [1.165, 1.54) is 22.8 Å². The molecule has 1 aliphatic heterocycles. The number of ether oxygens (including phenoxy) is 3. The maximum atomic E-state index is 12.4. The number of carbonyl (C=O) groups excluding carboxylic acids is 1. The lowest BCUT2D eigenvalue weighted by molar-refractivity contribution is -0.389. The van der Waals surface area contributed by atoms with Crippen LogP contribution in [0.1, 0.15) is 0 Å². The van der Waals surface area contributed by atoms with E-state index in [-0.39, 0.29) is 24.8 Å². The highest BCUT2D eigenvalue weighted by molar-refractivity contribution is 5.86. The SMILES string of the molecule is O=C(Nc1ccccc1OC(F)(F)F)O[C@H]1COc2nc([N+](=O)[O-])cn2C1. The van der Waals surface area contributed by atoms with Crippen molar-refractivity contribution in [3.05, 3.63) is 40.6 Å². The molecule has 2 heterocycles. The van der Waals surface area contributed by atoms with Crippen LogP contribution in [0.15, 0.2) is 30.5 Å². The summed E-state index contributed by atoms with van der Waals surface area (Å²) in [6.45, 7) is -0.0907. The van der Waals surface area contributed by atoms with Gasteiger partial charge < -0.3 is 24.3 Å². The monoisotopic (exact) mass is 388 g/mol. The number of carbonyl (C=O) groups is 1. The van der Waals surface area contributed by atoms with Crippen LogP contribution in [-0.2, 0) is 11.3 Å². The molecule has 1 N–H and O–H groups in total. The summed E-state index contributed by atoms with van der Waals surface area (Å²) in [6, 6.07) is 4.95. The molecule has 0 radical (unpaired) electrons. The number of alkyl halides is 3. The molecule has 1 aliphatic rings. The first-order chi connectivity index (χ1) is 12.7. The molecular weight excluding hydrogens is 377 g/mol. The summed E-state index contributed by atoms with van der Waals surface area (Å²) in [4.78, 5) is 25.6. The van der Waals surface area contributed by atoms with E-state index in [0.29, 0.717) is 0 Å². The smallest absolute Gasteiger partial charge is 0.442 e. The quantitative estimate of drug-likeness (QED) is 0.632. The zero-order valence-electron chi connectivity index (χ0n) is 13.3. The second kappa shape index (κ2) is 7.01. The van der Waals surface area contributed by atoms with Gasteiger partial charge in [0, 0.05) is 4.98 Å². The molecule has 1 atom stereocenters. The van der Waals surface area contributed by atoms with Crippen molar-refractivity contribution in [3.8, 4) is 11.8 Å². The molecule has 27 heavy (non-hydrogen) atoms. The molecule has 1 aromatic heterocycles. The van der Waals surface area contributed by atoms with Gasteiger partial charge in [-0.3, -0.25) is 9.88 Å². The van der Waals surface area contributed by atoms with Crippen LogP contribution in [0.2, 0.25) is 0 Å². The van der Waals surface area contributed by atoms with Crippen molar-refractivity contribution in [1.82, 2.24) is 9.55 Å². The van der Waals surface area contributed by atoms with E-state index in [1.54, 1.807) is 0 Å². The van der Waals surface area contributed by atoms with Crippen LogP contribution in [0.4, 0.5) is 29.5 Å². The lowest BCUT2D eigenvalue weighted by Gasteiger charge is -2.22. The number of hydrogen-bond acceptors (Lipinski definition) is 7. The molecule has 144 valence electrons. The highest BCUT2D eigenvalue weighted by atomic mass is 19.4. The van der Waals surface area contributed by atoms with E-state index in [2.05, 4.69) is 15.0 Å². The predicted octanol–water partition coefficient (Wildman–Crippen LogP) is 2.70. The van der Waals surface area contributed by atoms with Gasteiger partial charge in [0.1, 0.15) is 12.8 Å². The Labute approximate surface area is 148 Å². The first-order valence-electron chi connectivity index (χ1n) is 7.38. The normalized spacial score (nSPS) is 16.0. The molecular formula is C14H11F3N4O6. The van der Waals surface area contributed by atoms with Gasteiger partial charge >= 0.3 is 24.3 Å². The number of hydrogen-bond donors (Lipinski definition) is 1. The van der Waals surface area contributed by atoms with Gasteiger partial charge in [-0.2, -0.15) is 0 Å². The predicted molar refractivity (Wildman–Crippen MR) is 81.4 cm³/mol. The third kappa shape index (κ3) is 4.56. The fourth-order valence-corrected chi connectivity index (χ4v) is 2.30. The van der Waals surface area contributed by atoms with Crippen molar-refractivity contribution < 1.29 is 37.1 Å². The molecule has 13 heteroatoms. The summed E-state index contributed by atoms with van der Waals surface area (Å²) in [7, 11) is 0. The van der Waals surface area contributed by atoms with Gasteiger partial charge in [0.15, 0.2) is 11.9 Å². The molecule has 0 saturated carbocycles. The van der Waals surface area contributed by atoms with Crippen molar-refractivity contribution >= 4 is 17.6 Å². The first kappa shape index (κ1) is 18.3. The molecule has 1 aromatic carbocycles. The van der Waals surface area contributed by atoms with Crippen molar-refractivity contribution in [2.45, 2.75) is 19.0 Å². The van der Waals surface area contributed by atoms with Crippen LogP contribution < -0.4 is 14.8 Å². The Morgan fingerprint density at radius 1 is 1.41 bits per heavy atom. The maximum Gasteiger partial charge on any atom is 0.573 e. The fourth-order valence-electron chi connectivity index (χ4n) is 2.30. The largest absolute Gasteiger partial charge is 0.573 e. The average Bonchev–Trinajstić information content (AvgIpc) is 2.99. The van der Waals surface area contributed by atoms with Crippen molar-refractivity contribution in [1.29, 1.82) is 0 Å². The zero-order chi connectivity index (χ0) is 19.6. The number of amides is 1. The first-order valence-corrected chi connectivity index (χ1v) is 7.38. The van der Waals surface area contributed by atoms with Gasteiger partial charge in [-0.25, -0.2) is 4.79 Å². The number of anilines is 1. The molecule has 10 nitrogen and oxygen atoms in total. The summed E-state index contributed by atoms with van der Waals surface area (Å²) >= 11 is 0. The summed E-state index contributed by atoms with van der Waals surface area (Å²) < 4.78 is 52.5. The minimum Gasteiger partial charge on any atom is -0.442 e. The van der Waals surface area contributed by atoms with E-state index in [9.17, 15) is 28.1 Å². The van der Waals surface area contributed by atoms with Crippen LogP contribution in [0, 0.1) is 10.1 Å². The number of halogens is 3. The van der Waals surface area contributed by atoms with Crippen LogP contribution in [-0.4, -0.2) is 39.6 Å². The van der Waals surface area contributed by atoms with Crippen molar-refractivity contribution in [3.63, 3.8) is 0 Å². The van der Waals surface area contributed by atoms with Gasteiger partial charge in [-0.1, -0.05) is 12.1 Å². The minimum absolute atomic E-state index is 0.00545. The Morgan fingerprint density at radius 3 is 2.85 bits per heavy atom. The van der Waals surface area contributed by atoms with E-state index in [4.69, 9.17) is 9.47 Å². The van der Waals surface area contributed by atoms with Gasteiger partial charge in [0.25, 0.3) is 0 Å². The third-order valence-corrected chi connectivity index (χ3v) is 3.34. The van der Waals surface area contributed by atoms with E-state index in [0.717, 1.165) is 12.3 Å². The molecule has 0 unspecified atom stereocenters. The van der Waals surface area contributed by atoms with E-state index < -0.39 is 35.1 Å². The highest BCUT2D eigenvalue weighted by Crippen LogP contribution is 2.30. The summed E-state index contributed by atoms with van der Waals surface area (Å²) in [5, 5.41) is 12.9. The number of aromatic nitrogens is 2. The molecule has 0 saturated heterocycles. The Kier molecular flexibility index (Phi) is 4.75. The van der Waals surface area contributed by atoms with Crippen LogP contribution in [0.3, 0.4) is 0 Å². The lowest BCUT2D eigenvalue weighted by atomic mass is 10.3. The molecule has 0 aliphatic carbocycles. The number of nitrogens with zero attached hydrogens (tertiary/aromatic N) is 3. The highest BCUT2D eigenvalue weighted by Gasteiger charge is 2.33. The number of imidazole rings is 1. The minimum atomic E-state index is -4.93. The van der Waals surface area contributed by atoms with E-state index >= 15 is 0 Å². The van der Waals surface area contributed by atoms with Gasteiger partial charge in [-0.15, -0.1) is 13.2 Å². The Bertz CT molecular complexity index is 869. The van der Waals surface area contributed by atoms with Gasteiger partial charge in [-0.05, 0) is 17.1 Å². The topological polar surface area (TPSA) is 118 Å². The number of benzene rings is 1. The number of nitrogens with one attached hydrogen (secondary N) is 1. The second-order valence-electron chi connectivity index (χ2n) is 5.30. The maximum absolute atomic E-state index is 12.4. The van der Waals surface area contributed by atoms with E-state index in [1.807, 2.05) is 0 Å². The molecule has 3 rings (SSSR count). The number of rotatable bonds is 4. The fraction of sp³-hybridized carbons (Fsp3) is 0.286. The molecule has 0 fully saturated rings. The van der Waals surface area contributed by atoms with Crippen molar-refractivity contribution in [2.75, 3.05) is 11.9 Å². The molecule has 0 bridgehead atoms. The zero-order valence-corrected chi connectivity index (χ0v) is 13.3. The molecule has 2 aromatic rings. The third-order valence-electron chi connectivity index (χ3n) is 3.34. The summed E-state index contributed by atoms with van der Waals surface area (Å²) in [6.07, 6.45) is -5.68. The number of para-hydroxylation sites is 2. The molecule has 0 spiro atoms. The summed E-state index contributed by atoms with van der Waals surface area (Å²) in [5.74, 6) is -1.03. The van der Waals surface area contributed by atoms with Crippen molar-refractivity contribution in [2.24, 2.45) is 0 Å². The van der Waals surface area contributed by atoms with Crippen LogP contribution >= 0.6 is 0 Å². The lowest BCUT2D eigenvalue weighted by Crippen LogP contribution is -2.35. The number of nitro groups is 1. The Morgan fingerprint density at radius 2 is 2.15 bits per heavy atom. The summed E-state index contributed by atoms with van der Waals surface area (Å²) in [5.41, 5.74) is -0.240. The Hall–Kier alpha value is -3.51. The molecule has 1 amide bonds. The number of fused-ring (bicyclic) bond motifs is 1. The van der Waals surface area contributed by atoms with Gasteiger partial charge in [0.05, 0.1) is 12.2 Å². The Balaban J connectivity index is 1.63. The van der Waals surface area contributed by atoms with Gasteiger partial charge in [0.2, 0.25) is 0 Å². The standard InChI is InChI=1S/C14H11F3N4O6/c15-14(16,17)27-10-4-2-1-3-9(10)18-13(22)26-8-5-20-6-11(21(23)24)19-12(20)25-7-8/h1-4,6,8H,5,7H2,(H,18,22)/t8-/m1/s1. The van der Waals surface area contributed by atoms with Crippen LogP contribution in [0.25, 0.3) is 0 Å². The van der Waals surface area contributed by atoms with Crippen LogP contribution in [0.5, 0.6) is 11.8 Å². The second-order valence-corrected chi connectivity index (χ2v) is 5.30. The average molecular weight is 388 g/mol.